The van der Waals surface area contributed by atoms with E-state index in [1.807, 2.05) is 0 Å². The van der Waals surface area contributed by atoms with Crippen molar-refractivity contribution < 1.29 is 19.4 Å². The summed E-state index contributed by atoms with van der Waals surface area (Å²) in [6.45, 7) is 2.70. The van der Waals surface area contributed by atoms with E-state index in [1.54, 1.807) is 6.92 Å². The molecule has 0 bridgehead atoms. The maximum Gasteiger partial charge on any atom is 0.331 e. The summed E-state index contributed by atoms with van der Waals surface area (Å²) in [6, 6.07) is -0.942. The second-order valence-electron chi connectivity index (χ2n) is 2.19. The van der Waals surface area contributed by atoms with Crippen LogP contribution < -0.4 is 5.32 Å². The highest BCUT2D eigenvalue weighted by Crippen LogP contribution is 1.87. The van der Waals surface area contributed by atoms with Gasteiger partial charge < -0.3 is 15.2 Å². The van der Waals surface area contributed by atoms with Crippen LogP contribution >= 0.6 is 0 Å². The SMILES string of the molecule is CCOC(=O)C(CO)NC(C)=O. The van der Waals surface area contributed by atoms with Crippen molar-refractivity contribution in [1.29, 1.82) is 0 Å². The molecule has 0 aromatic rings. The summed E-state index contributed by atoms with van der Waals surface area (Å²) in [4.78, 5) is 21.4. The van der Waals surface area contributed by atoms with Crippen LogP contribution in [0.1, 0.15) is 13.8 Å². The predicted octanol–water partition coefficient (Wildman–Crippen LogP) is -0.954. The van der Waals surface area contributed by atoms with Gasteiger partial charge >= 0.3 is 5.97 Å². The molecule has 0 saturated heterocycles. The molecular weight excluding hydrogens is 162 g/mol. The van der Waals surface area contributed by atoms with Crippen molar-refractivity contribution in [3.05, 3.63) is 0 Å². The summed E-state index contributed by atoms with van der Waals surface area (Å²) in [5.41, 5.74) is 0. The summed E-state index contributed by atoms with van der Waals surface area (Å²) in [5.74, 6) is -0.989. The van der Waals surface area contributed by atoms with Gasteiger partial charge in [0.25, 0.3) is 0 Å². The average molecular weight is 175 g/mol. The van der Waals surface area contributed by atoms with E-state index in [1.165, 1.54) is 6.92 Å². The normalized spacial score (nSPS) is 11.9. The van der Waals surface area contributed by atoms with Gasteiger partial charge in [-0.1, -0.05) is 0 Å². The monoisotopic (exact) mass is 175 g/mol. The third-order valence-corrected chi connectivity index (χ3v) is 1.13. The number of nitrogens with one attached hydrogen (secondary N) is 1. The fraction of sp³-hybridized carbons (Fsp3) is 0.714. The Kier molecular flexibility index (Phi) is 5.03. The molecule has 0 aliphatic heterocycles. The molecule has 12 heavy (non-hydrogen) atoms. The first kappa shape index (κ1) is 10.9. The van der Waals surface area contributed by atoms with E-state index in [-0.39, 0.29) is 12.5 Å². The molecule has 0 saturated carbocycles. The van der Waals surface area contributed by atoms with Gasteiger partial charge in [0, 0.05) is 6.92 Å². The fourth-order valence-electron chi connectivity index (χ4n) is 0.667. The Morgan fingerprint density at radius 2 is 2.17 bits per heavy atom. The van der Waals surface area contributed by atoms with Gasteiger partial charge in [0.05, 0.1) is 13.2 Å². The molecule has 0 fully saturated rings. The molecule has 0 aromatic carbocycles. The Bertz CT molecular complexity index is 169. The van der Waals surface area contributed by atoms with Gasteiger partial charge in [-0.3, -0.25) is 4.79 Å². The summed E-state index contributed by atoms with van der Waals surface area (Å²) in [7, 11) is 0. The first-order valence-electron chi connectivity index (χ1n) is 3.66. The summed E-state index contributed by atoms with van der Waals surface area (Å²) >= 11 is 0. The van der Waals surface area contributed by atoms with Gasteiger partial charge in [-0.25, -0.2) is 4.79 Å². The highest BCUT2D eigenvalue weighted by atomic mass is 16.5. The number of esters is 1. The average Bonchev–Trinajstić information content (AvgIpc) is 2.00. The lowest BCUT2D eigenvalue weighted by Gasteiger charge is -2.12. The number of hydrogen-bond acceptors (Lipinski definition) is 4. The van der Waals surface area contributed by atoms with Gasteiger partial charge in [-0.15, -0.1) is 0 Å². The first-order valence-corrected chi connectivity index (χ1v) is 3.66. The predicted molar refractivity (Wildman–Crippen MR) is 41.3 cm³/mol. The van der Waals surface area contributed by atoms with Crippen LogP contribution in [0, 0.1) is 0 Å². The molecule has 0 heterocycles. The highest BCUT2D eigenvalue weighted by Gasteiger charge is 2.18. The third kappa shape index (κ3) is 3.92. The smallest absolute Gasteiger partial charge is 0.331 e. The van der Waals surface area contributed by atoms with Crippen LogP contribution in [-0.2, 0) is 14.3 Å². The van der Waals surface area contributed by atoms with Crippen molar-refractivity contribution in [2.75, 3.05) is 13.2 Å². The number of ether oxygens (including phenoxy) is 1. The van der Waals surface area contributed by atoms with Gasteiger partial charge in [-0.2, -0.15) is 0 Å². The minimum Gasteiger partial charge on any atom is -0.464 e. The van der Waals surface area contributed by atoms with Gasteiger partial charge in [0.15, 0.2) is 6.04 Å². The Hall–Kier alpha value is -1.10. The number of aliphatic hydroxyl groups excluding tert-OH is 1. The zero-order chi connectivity index (χ0) is 9.56. The summed E-state index contributed by atoms with van der Waals surface area (Å²) in [6.07, 6.45) is 0. The Morgan fingerprint density at radius 3 is 2.50 bits per heavy atom. The highest BCUT2D eigenvalue weighted by molar-refractivity contribution is 5.83. The van der Waals surface area contributed by atoms with Crippen LogP contribution in [0.15, 0.2) is 0 Å². The molecule has 1 amide bonds. The second kappa shape index (κ2) is 5.54. The van der Waals surface area contributed by atoms with E-state index < -0.39 is 18.6 Å². The summed E-state index contributed by atoms with van der Waals surface area (Å²) < 4.78 is 4.58. The maximum absolute atomic E-state index is 10.9. The lowest BCUT2D eigenvalue weighted by Crippen LogP contribution is -2.43. The van der Waals surface area contributed by atoms with Gasteiger partial charge in [0.1, 0.15) is 0 Å². The largest absolute Gasteiger partial charge is 0.464 e. The van der Waals surface area contributed by atoms with Gasteiger partial charge in [-0.05, 0) is 6.92 Å². The number of hydrogen-bond donors (Lipinski definition) is 2. The summed E-state index contributed by atoms with van der Waals surface area (Å²) in [5, 5.41) is 10.9. The molecule has 0 aliphatic rings. The van der Waals surface area contributed by atoms with E-state index in [0.29, 0.717) is 0 Å². The first-order chi connectivity index (χ1) is 5.61. The maximum atomic E-state index is 10.9. The van der Waals surface area contributed by atoms with E-state index in [9.17, 15) is 9.59 Å². The van der Waals surface area contributed by atoms with E-state index in [2.05, 4.69) is 10.1 Å². The minimum atomic E-state index is -0.942. The van der Waals surface area contributed by atoms with Crippen LogP contribution in [0.4, 0.5) is 0 Å². The molecule has 5 heteroatoms. The van der Waals surface area contributed by atoms with Crippen LogP contribution in [0.5, 0.6) is 0 Å². The molecule has 0 aliphatic carbocycles. The van der Waals surface area contributed by atoms with Crippen LogP contribution in [-0.4, -0.2) is 36.2 Å². The number of amides is 1. The van der Waals surface area contributed by atoms with Crippen LogP contribution in [0.25, 0.3) is 0 Å². The molecular formula is C7H13NO4. The Balaban J connectivity index is 3.96. The molecule has 70 valence electrons. The molecule has 5 nitrogen and oxygen atoms in total. The molecule has 0 radical (unpaired) electrons. The third-order valence-electron chi connectivity index (χ3n) is 1.13. The van der Waals surface area contributed by atoms with Crippen LogP contribution in [0.2, 0.25) is 0 Å². The van der Waals surface area contributed by atoms with Crippen molar-refractivity contribution in [3.8, 4) is 0 Å². The van der Waals surface area contributed by atoms with E-state index >= 15 is 0 Å². The van der Waals surface area contributed by atoms with Gasteiger partial charge in [0.2, 0.25) is 5.91 Å². The lowest BCUT2D eigenvalue weighted by atomic mass is 10.3. The number of rotatable bonds is 4. The van der Waals surface area contributed by atoms with Crippen molar-refractivity contribution in [1.82, 2.24) is 5.32 Å². The number of carbonyl (C=O) groups excluding carboxylic acids is 2. The topological polar surface area (TPSA) is 75.6 Å². The second-order valence-corrected chi connectivity index (χ2v) is 2.19. The lowest BCUT2D eigenvalue weighted by molar-refractivity contribution is -0.148. The fourth-order valence-corrected chi connectivity index (χ4v) is 0.667. The minimum absolute atomic E-state index is 0.231. The molecule has 0 spiro atoms. The van der Waals surface area contributed by atoms with Crippen molar-refractivity contribution in [2.24, 2.45) is 0 Å². The molecule has 0 rings (SSSR count). The molecule has 2 N–H and O–H groups in total. The number of aliphatic hydroxyl groups is 1. The number of carbonyl (C=O) groups is 2. The van der Waals surface area contributed by atoms with Crippen molar-refractivity contribution >= 4 is 11.9 Å². The van der Waals surface area contributed by atoms with Crippen LogP contribution in [0.3, 0.4) is 0 Å². The zero-order valence-corrected chi connectivity index (χ0v) is 7.16. The van der Waals surface area contributed by atoms with E-state index in [4.69, 9.17) is 5.11 Å². The van der Waals surface area contributed by atoms with Crippen molar-refractivity contribution in [2.45, 2.75) is 19.9 Å². The molecule has 0 aromatic heterocycles. The van der Waals surface area contributed by atoms with E-state index in [0.717, 1.165) is 0 Å². The zero-order valence-electron chi connectivity index (χ0n) is 7.16. The quantitative estimate of drug-likeness (QED) is 0.540. The standard InChI is InChI=1S/C7H13NO4/c1-3-12-7(11)6(4-9)8-5(2)10/h6,9H,3-4H2,1-2H3,(H,8,10). The molecule has 1 atom stereocenters. The Morgan fingerprint density at radius 1 is 1.58 bits per heavy atom. The molecule has 1 unspecified atom stereocenters. The Labute approximate surface area is 70.7 Å². The van der Waals surface area contributed by atoms with Crippen molar-refractivity contribution in [3.63, 3.8) is 0 Å².